The van der Waals surface area contributed by atoms with E-state index in [-0.39, 0.29) is 6.42 Å². The van der Waals surface area contributed by atoms with Crippen LogP contribution in [0, 0.1) is 11.3 Å². The zero-order valence-corrected chi connectivity index (χ0v) is 9.48. The molecule has 4 nitrogen and oxygen atoms in total. The summed E-state index contributed by atoms with van der Waals surface area (Å²) in [5.41, 5.74) is -0.645. The molecule has 16 heavy (non-hydrogen) atoms. The van der Waals surface area contributed by atoms with E-state index in [1.54, 1.807) is 19.1 Å². The fourth-order valence-electron chi connectivity index (χ4n) is 1.83. The molecular weight excluding hydrogens is 208 g/mol. The average molecular weight is 226 g/mol. The van der Waals surface area contributed by atoms with Crippen LogP contribution in [0.25, 0.3) is 0 Å². The van der Waals surface area contributed by atoms with E-state index in [2.05, 4.69) is 13.2 Å². The van der Waals surface area contributed by atoms with Crippen molar-refractivity contribution >= 4 is 11.9 Å². The molecule has 0 rings (SSSR count). The predicted octanol–water partition coefficient (Wildman–Crippen LogP) is 2.32. The first-order chi connectivity index (χ1) is 7.37. The molecule has 90 valence electrons. The molecule has 0 fully saturated rings. The van der Waals surface area contributed by atoms with Crippen LogP contribution in [-0.2, 0) is 9.59 Å². The summed E-state index contributed by atoms with van der Waals surface area (Å²) in [4.78, 5) is 21.8. The Morgan fingerprint density at radius 1 is 1.25 bits per heavy atom. The number of hydrogen-bond donors (Lipinski definition) is 2. The van der Waals surface area contributed by atoms with E-state index in [1.165, 1.54) is 0 Å². The lowest BCUT2D eigenvalue weighted by Gasteiger charge is -2.32. The average Bonchev–Trinajstić information content (AvgIpc) is 2.14. The van der Waals surface area contributed by atoms with Crippen LogP contribution in [0.15, 0.2) is 25.3 Å². The Bertz CT molecular complexity index is 283. The predicted molar refractivity (Wildman–Crippen MR) is 61.1 cm³/mol. The fraction of sp³-hybridized carbons (Fsp3) is 0.500. The summed E-state index contributed by atoms with van der Waals surface area (Å²) in [7, 11) is 0. The van der Waals surface area contributed by atoms with Crippen molar-refractivity contribution in [2.75, 3.05) is 0 Å². The molecule has 1 unspecified atom stereocenters. The number of aliphatic carboxylic acids is 2. The monoisotopic (exact) mass is 226 g/mol. The molecule has 0 aliphatic carbocycles. The Morgan fingerprint density at radius 2 is 1.69 bits per heavy atom. The number of carboxylic acid groups (broad SMARTS) is 2. The SMILES string of the molecule is C=CCC(C)(CC=C)C(CC(=O)O)C(=O)O. The van der Waals surface area contributed by atoms with E-state index in [0.717, 1.165) is 0 Å². The molecule has 0 spiro atoms. The first-order valence-electron chi connectivity index (χ1n) is 5.03. The van der Waals surface area contributed by atoms with Gasteiger partial charge in [0.1, 0.15) is 0 Å². The van der Waals surface area contributed by atoms with Crippen molar-refractivity contribution in [1.29, 1.82) is 0 Å². The van der Waals surface area contributed by atoms with E-state index in [0.29, 0.717) is 12.8 Å². The van der Waals surface area contributed by atoms with Gasteiger partial charge in [0.2, 0.25) is 0 Å². The summed E-state index contributed by atoms with van der Waals surface area (Å²) in [6.07, 6.45) is 3.74. The second-order valence-corrected chi connectivity index (χ2v) is 4.13. The van der Waals surface area contributed by atoms with Crippen LogP contribution in [0.2, 0.25) is 0 Å². The van der Waals surface area contributed by atoms with Gasteiger partial charge in [0.25, 0.3) is 0 Å². The molecule has 0 aromatic rings. The topological polar surface area (TPSA) is 74.6 Å². The van der Waals surface area contributed by atoms with Crippen molar-refractivity contribution in [3.05, 3.63) is 25.3 Å². The van der Waals surface area contributed by atoms with Gasteiger partial charge >= 0.3 is 11.9 Å². The van der Waals surface area contributed by atoms with Crippen LogP contribution in [0.1, 0.15) is 26.2 Å². The Hall–Kier alpha value is -1.58. The van der Waals surface area contributed by atoms with E-state index in [1.807, 2.05) is 0 Å². The van der Waals surface area contributed by atoms with Gasteiger partial charge in [-0.1, -0.05) is 19.1 Å². The van der Waals surface area contributed by atoms with Crippen molar-refractivity contribution in [3.8, 4) is 0 Å². The third-order valence-electron chi connectivity index (χ3n) is 2.74. The van der Waals surface area contributed by atoms with Crippen LogP contribution < -0.4 is 0 Å². The summed E-state index contributed by atoms with van der Waals surface area (Å²) in [5, 5.41) is 17.8. The van der Waals surface area contributed by atoms with Gasteiger partial charge in [-0.25, -0.2) is 0 Å². The van der Waals surface area contributed by atoms with Crippen LogP contribution in [0.3, 0.4) is 0 Å². The number of carboxylic acids is 2. The Balaban J connectivity index is 5.06. The minimum absolute atomic E-state index is 0.381. The summed E-state index contributed by atoms with van der Waals surface area (Å²) >= 11 is 0. The molecule has 1 atom stereocenters. The summed E-state index contributed by atoms with van der Waals surface area (Å²) in [6, 6.07) is 0. The summed E-state index contributed by atoms with van der Waals surface area (Å²) in [5.74, 6) is -3.12. The molecule has 0 heterocycles. The smallest absolute Gasteiger partial charge is 0.307 e. The molecule has 0 aromatic heterocycles. The maximum Gasteiger partial charge on any atom is 0.307 e. The maximum atomic E-state index is 11.1. The third kappa shape index (κ3) is 3.88. The first-order valence-corrected chi connectivity index (χ1v) is 5.03. The molecule has 4 heteroatoms. The van der Waals surface area contributed by atoms with Crippen LogP contribution in [-0.4, -0.2) is 22.2 Å². The molecule has 0 saturated carbocycles. The van der Waals surface area contributed by atoms with Gasteiger partial charge in [-0.15, -0.1) is 13.2 Å². The minimum Gasteiger partial charge on any atom is -0.481 e. The molecule has 0 saturated heterocycles. The maximum absolute atomic E-state index is 11.1. The summed E-state index contributed by atoms with van der Waals surface area (Å²) < 4.78 is 0. The third-order valence-corrected chi connectivity index (χ3v) is 2.74. The quantitative estimate of drug-likeness (QED) is 0.623. The molecule has 0 aliphatic rings. The summed E-state index contributed by atoms with van der Waals surface area (Å²) in [6.45, 7) is 8.90. The van der Waals surface area contributed by atoms with E-state index < -0.39 is 23.3 Å². The number of carbonyl (C=O) groups is 2. The van der Waals surface area contributed by atoms with E-state index in [4.69, 9.17) is 10.2 Å². The van der Waals surface area contributed by atoms with Gasteiger partial charge in [-0.2, -0.15) is 0 Å². The standard InChI is InChI=1S/C12H18O4/c1-4-6-12(3,7-5-2)9(11(15)16)8-10(13)14/h4-5,9H,1-2,6-8H2,3H3,(H,13,14)(H,15,16). The number of rotatable bonds is 8. The minimum atomic E-state index is -1.10. The van der Waals surface area contributed by atoms with Gasteiger partial charge in [-0.3, -0.25) is 9.59 Å². The molecule has 2 N–H and O–H groups in total. The molecule has 0 bridgehead atoms. The number of hydrogen-bond acceptors (Lipinski definition) is 2. The highest BCUT2D eigenvalue weighted by atomic mass is 16.4. The van der Waals surface area contributed by atoms with E-state index in [9.17, 15) is 9.59 Å². The highest BCUT2D eigenvalue weighted by Crippen LogP contribution is 2.38. The van der Waals surface area contributed by atoms with Crippen LogP contribution >= 0.6 is 0 Å². The first kappa shape index (κ1) is 14.4. The molecule has 0 aromatic carbocycles. The van der Waals surface area contributed by atoms with Crippen molar-refractivity contribution in [1.82, 2.24) is 0 Å². The van der Waals surface area contributed by atoms with Crippen molar-refractivity contribution in [2.45, 2.75) is 26.2 Å². The zero-order chi connectivity index (χ0) is 12.8. The lowest BCUT2D eigenvalue weighted by Crippen LogP contribution is -2.34. The van der Waals surface area contributed by atoms with Crippen molar-refractivity contribution in [3.63, 3.8) is 0 Å². The van der Waals surface area contributed by atoms with Crippen molar-refractivity contribution in [2.24, 2.45) is 11.3 Å². The second kappa shape index (κ2) is 6.10. The Kier molecular flexibility index (Phi) is 5.50. The van der Waals surface area contributed by atoms with Gasteiger partial charge in [-0.05, 0) is 18.3 Å². The molecular formula is C12H18O4. The fourth-order valence-corrected chi connectivity index (χ4v) is 1.83. The molecule has 0 aliphatic heterocycles. The molecule has 0 radical (unpaired) electrons. The van der Waals surface area contributed by atoms with Gasteiger partial charge in [0.15, 0.2) is 0 Å². The highest BCUT2D eigenvalue weighted by Gasteiger charge is 2.38. The van der Waals surface area contributed by atoms with Crippen molar-refractivity contribution < 1.29 is 19.8 Å². The Morgan fingerprint density at radius 3 is 1.94 bits per heavy atom. The second-order valence-electron chi connectivity index (χ2n) is 4.13. The van der Waals surface area contributed by atoms with Crippen LogP contribution in [0.5, 0.6) is 0 Å². The zero-order valence-electron chi connectivity index (χ0n) is 9.48. The Labute approximate surface area is 95.3 Å². The van der Waals surface area contributed by atoms with Gasteiger partial charge in [0, 0.05) is 0 Å². The lowest BCUT2D eigenvalue weighted by molar-refractivity contribution is -0.153. The normalized spacial score (nSPS) is 12.8. The van der Waals surface area contributed by atoms with Gasteiger partial charge in [0.05, 0.1) is 12.3 Å². The van der Waals surface area contributed by atoms with Gasteiger partial charge < -0.3 is 10.2 Å². The highest BCUT2D eigenvalue weighted by molar-refractivity contribution is 5.78. The largest absolute Gasteiger partial charge is 0.481 e. The number of allylic oxidation sites excluding steroid dienone is 2. The van der Waals surface area contributed by atoms with E-state index >= 15 is 0 Å². The van der Waals surface area contributed by atoms with Crippen LogP contribution in [0.4, 0.5) is 0 Å². The lowest BCUT2D eigenvalue weighted by atomic mass is 9.70. The molecule has 0 amide bonds.